The first-order valence-corrected chi connectivity index (χ1v) is 11.0. The predicted octanol–water partition coefficient (Wildman–Crippen LogP) is 2.22. The van der Waals surface area contributed by atoms with Gasteiger partial charge in [-0.25, -0.2) is 12.7 Å². The zero-order valence-corrected chi connectivity index (χ0v) is 15.5. The van der Waals surface area contributed by atoms with Gasteiger partial charge >= 0.3 is 0 Å². The zero-order chi connectivity index (χ0) is 17.3. The summed E-state index contributed by atoms with van der Waals surface area (Å²) in [6, 6.07) is 2.81. The molecular formula is C18H28N2O4S. The Morgan fingerprint density at radius 3 is 2.60 bits per heavy atom. The molecule has 25 heavy (non-hydrogen) atoms. The Labute approximate surface area is 150 Å². The van der Waals surface area contributed by atoms with Crippen LogP contribution in [0, 0.1) is 0 Å². The molecule has 0 radical (unpaired) electrons. The Bertz CT molecular complexity index is 673. The topological polar surface area (TPSA) is 71.8 Å². The second-order valence-electron chi connectivity index (χ2n) is 7.44. The van der Waals surface area contributed by atoms with Gasteiger partial charge in [0.15, 0.2) is 0 Å². The Hall–Kier alpha value is -0.890. The summed E-state index contributed by atoms with van der Waals surface area (Å²) in [4.78, 5) is 0. The summed E-state index contributed by atoms with van der Waals surface area (Å²) in [6.07, 6.45) is 8.12. The van der Waals surface area contributed by atoms with Gasteiger partial charge in [0.1, 0.15) is 5.76 Å². The number of sulfonamides is 1. The van der Waals surface area contributed by atoms with Crippen LogP contribution in [0.3, 0.4) is 0 Å². The van der Waals surface area contributed by atoms with Crippen molar-refractivity contribution in [2.75, 3.05) is 26.3 Å². The number of nitrogens with one attached hydrogen (secondary N) is 1. The Morgan fingerprint density at radius 2 is 1.84 bits per heavy atom. The van der Waals surface area contributed by atoms with E-state index in [4.69, 9.17) is 9.15 Å². The van der Waals surface area contributed by atoms with E-state index in [0.29, 0.717) is 51.2 Å². The van der Waals surface area contributed by atoms with Crippen LogP contribution in [0.5, 0.6) is 0 Å². The van der Waals surface area contributed by atoms with Gasteiger partial charge in [-0.3, -0.25) is 0 Å². The fourth-order valence-electron chi connectivity index (χ4n) is 4.41. The third kappa shape index (κ3) is 3.65. The first kappa shape index (κ1) is 17.5. The average Bonchev–Trinajstić information content (AvgIpc) is 3.13. The van der Waals surface area contributed by atoms with Crippen molar-refractivity contribution in [1.82, 2.24) is 9.62 Å². The van der Waals surface area contributed by atoms with Gasteiger partial charge in [0.25, 0.3) is 0 Å². The first-order valence-electron chi connectivity index (χ1n) is 9.53. The van der Waals surface area contributed by atoms with Crippen LogP contribution in [0.15, 0.2) is 16.7 Å². The normalized spacial score (nSPS) is 27.3. The van der Waals surface area contributed by atoms with Crippen LogP contribution in [0.1, 0.15) is 55.9 Å². The number of nitrogens with zero attached hydrogens (tertiary/aromatic N) is 1. The molecule has 7 heteroatoms. The summed E-state index contributed by atoms with van der Waals surface area (Å²) in [7, 11) is -3.17. The highest BCUT2D eigenvalue weighted by atomic mass is 32.2. The Kier molecular flexibility index (Phi) is 5.18. The van der Waals surface area contributed by atoms with Gasteiger partial charge in [-0.05, 0) is 44.6 Å². The monoisotopic (exact) mass is 368 g/mol. The number of furan rings is 1. The maximum Gasteiger partial charge on any atom is 0.217 e. The Balaban J connectivity index is 1.33. The molecule has 3 heterocycles. The third-order valence-corrected chi connectivity index (χ3v) is 8.29. The summed E-state index contributed by atoms with van der Waals surface area (Å²) < 4.78 is 38.2. The molecule has 2 aliphatic heterocycles. The first-order chi connectivity index (χ1) is 12.1. The number of hydrogen-bond donors (Lipinski definition) is 1. The molecule has 0 amide bonds. The number of piperidine rings is 1. The summed E-state index contributed by atoms with van der Waals surface area (Å²) in [5.74, 6) is 1.11. The fourth-order valence-corrected chi connectivity index (χ4v) is 6.34. The van der Waals surface area contributed by atoms with Gasteiger partial charge in [-0.2, -0.15) is 0 Å². The molecule has 1 atom stereocenters. The van der Waals surface area contributed by atoms with Crippen molar-refractivity contribution < 1.29 is 17.6 Å². The smallest absolute Gasteiger partial charge is 0.217 e. The number of fused-ring (bicyclic) bond motifs is 1. The standard InChI is InChI=1S/C18H28N2O4S/c21-25(22,15-6-11-23-12-7-15)20-9-4-14(5-10-20)19-17-2-1-3-18-16(17)8-13-24-18/h8,13-15,17,19H,1-7,9-12H2. The maximum atomic E-state index is 12.8. The molecule has 0 aromatic carbocycles. The van der Waals surface area contributed by atoms with E-state index >= 15 is 0 Å². The molecule has 2 saturated heterocycles. The number of rotatable bonds is 4. The molecule has 1 N–H and O–H groups in total. The summed E-state index contributed by atoms with van der Waals surface area (Å²) >= 11 is 0. The SMILES string of the molecule is O=S(=O)(C1CCOCC1)N1CCC(NC2CCCc3occc32)CC1. The van der Waals surface area contributed by atoms with Crippen LogP contribution in [0.25, 0.3) is 0 Å². The van der Waals surface area contributed by atoms with Gasteiger partial charge in [-0.1, -0.05) is 0 Å². The van der Waals surface area contributed by atoms with E-state index in [0.717, 1.165) is 37.9 Å². The van der Waals surface area contributed by atoms with Gasteiger partial charge in [0.2, 0.25) is 10.0 Å². The van der Waals surface area contributed by atoms with Crippen molar-refractivity contribution in [2.24, 2.45) is 0 Å². The van der Waals surface area contributed by atoms with Crippen molar-refractivity contribution in [3.8, 4) is 0 Å². The van der Waals surface area contributed by atoms with Gasteiger partial charge < -0.3 is 14.5 Å². The van der Waals surface area contributed by atoms with Crippen LogP contribution >= 0.6 is 0 Å². The lowest BCUT2D eigenvalue weighted by molar-refractivity contribution is 0.0968. The van der Waals surface area contributed by atoms with Crippen LogP contribution in [-0.4, -0.2) is 50.3 Å². The number of ether oxygens (including phenoxy) is 1. The van der Waals surface area contributed by atoms with Crippen LogP contribution < -0.4 is 5.32 Å². The largest absolute Gasteiger partial charge is 0.469 e. The highest BCUT2D eigenvalue weighted by Crippen LogP contribution is 2.32. The van der Waals surface area contributed by atoms with E-state index in [-0.39, 0.29) is 5.25 Å². The van der Waals surface area contributed by atoms with Crippen molar-refractivity contribution in [3.05, 3.63) is 23.7 Å². The highest BCUT2D eigenvalue weighted by molar-refractivity contribution is 7.89. The number of hydrogen-bond acceptors (Lipinski definition) is 5. The van der Waals surface area contributed by atoms with Gasteiger partial charge in [-0.15, -0.1) is 0 Å². The molecule has 0 bridgehead atoms. The maximum absolute atomic E-state index is 12.8. The molecule has 1 unspecified atom stereocenters. The Morgan fingerprint density at radius 1 is 1.08 bits per heavy atom. The lowest BCUT2D eigenvalue weighted by atomic mass is 9.92. The molecule has 0 spiro atoms. The van der Waals surface area contributed by atoms with E-state index in [2.05, 4.69) is 11.4 Å². The van der Waals surface area contributed by atoms with E-state index in [1.54, 1.807) is 10.6 Å². The quantitative estimate of drug-likeness (QED) is 0.882. The summed E-state index contributed by atoms with van der Waals surface area (Å²) in [6.45, 7) is 2.39. The molecule has 1 aromatic rings. The zero-order valence-electron chi connectivity index (χ0n) is 14.7. The van der Waals surface area contributed by atoms with E-state index < -0.39 is 10.0 Å². The van der Waals surface area contributed by atoms with Crippen molar-refractivity contribution >= 4 is 10.0 Å². The lowest BCUT2D eigenvalue weighted by Gasteiger charge is -2.37. The molecule has 1 aliphatic carbocycles. The average molecular weight is 368 g/mol. The molecule has 4 rings (SSSR count). The number of aryl methyl sites for hydroxylation is 1. The van der Waals surface area contributed by atoms with E-state index in [1.165, 1.54) is 5.56 Å². The van der Waals surface area contributed by atoms with Gasteiger partial charge in [0, 0.05) is 50.4 Å². The van der Waals surface area contributed by atoms with Crippen LogP contribution in [-0.2, 0) is 21.2 Å². The van der Waals surface area contributed by atoms with Crippen molar-refractivity contribution in [1.29, 1.82) is 0 Å². The predicted molar refractivity (Wildman–Crippen MR) is 94.9 cm³/mol. The van der Waals surface area contributed by atoms with Crippen molar-refractivity contribution in [2.45, 2.75) is 62.3 Å². The van der Waals surface area contributed by atoms with E-state index in [1.807, 2.05) is 0 Å². The third-order valence-electron chi connectivity index (χ3n) is 5.89. The second-order valence-corrected chi connectivity index (χ2v) is 9.65. The second kappa shape index (κ2) is 7.39. The van der Waals surface area contributed by atoms with Gasteiger partial charge in [0.05, 0.1) is 11.5 Å². The highest BCUT2D eigenvalue weighted by Gasteiger charge is 2.36. The minimum Gasteiger partial charge on any atom is -0.469 e. The van der Waals surface area contributed by atoms with E-state index in [9.17, 15) is 8.42 Å². The van der Waals surface area contributed by atoms with Crippen molar-refractivity contribution in [3.63, 3.8) is 0 Å². The van der Waals surface area contributed by atoms with Crippen LogP contribution in [0.4, 0.5) is 0 Å². The molecule has 1 aromatic heterocycles. The summed E-state index contributed by atoms with van der Waals surface area (Å²) in [5, 5.41) is 3.50. The molecule has 3 aliphatic rings. The molecular weight excluding hydrogens is 340 g/mol. The summed E-state index contributed by atoms with van der Waals surface area (Å²) in [5.41, 5.74) is 1.29. The molecule has 6 nitrogen and oxygen atoms in total. The fraction of sp³-hybridized carbons (Fsp3) is 0.778. The molecule has 2 fully saturated rings. The van der Waals surface area contributed by atoms with Crippen LogP contribution in [0.2, 0.25) is 0 Å². The minimum atomic E-state index is -3.17. The lowest BCUT2D eigenvalue weighted by Crippen LogP contribution is -2.49. The molecule has 140 valence electrons. The molecule has 0 saturated carbocycles. The minimum absolute atomic E-state index is 0.252.